The Kier molecular flexibility index (Phi) is 2.93. The minimum absolute atomic E-state index is 0.468. The highest BCUT2D eigenvalue weighted by Gasteiger charge is 2.35. The van der Waals surface area contributed by atoms with Crippen LogP contribution in [0.5, 0.6) is 0 Å². The van der Waals surface area contributed by atoms with E-state index < -0.39 is 0 Å². The topological polar surface area (TPSA) is 12.0 Å². The molecular formula is C9H17NS2. The van der Waals surface area contributed by atoms with Crippen LogP contribution in [-0.4, -0.2) is 28.7 Å². The summed E-state index contributed by atoms with van der Waals surface area (Å²) in [5.41, 5.74) is 0. The van der Waals surface area contributed by atoms with Crippen molar-refractivity contribution in [3.05, 3.63) is 0 Å². The Labute approximate surface area is 83.4 Å². The Bertz CT molecular complexity index is 145. The van der Waals surface area contributed by atoms with Crippen LogP contribution in [0.1, 0.15) is 19.8 Å². The van der Waals surface area contributed by atoms with Crippen LogP contribution in [-0.2, 0) is 0 Å². The molecule has 70 valence electrons. The largest absolute Gasteiger partial charge is 0.302 e. The number of thioether (sulfide) groups is 2. The monoisotopic (exact) mass is 203 g/mol. The summed E-state index contributed by atoms with van der Waals surface area (Å²) in [6.07, 6.45) is 2.79. The Morgan fingerprint density at radius 3 is 3.00 bits per heavy atom. The Morgan fingerprint density at radius 2 is 2.42 bits per heavy atom. The van der Waals surface area contributed by atoms with Gasteiger partial charge in [0.2, 0.25) is 0 Å². The van der Waals surface area contributed by atoms with Gasteiger partial charge in [-0.2, -0.15) is 11.8 Å². The van der Waals surface area contributed by atoms with Gasteiger partial charge in [-0.1, -0.05) is 6.92 Å². The van der Waals surface area contributed by atoms with Crippen LogP contribution in [0.2, 0.25) is 0 Å². The SMILES string of the molecule is CC1CNC2(CCCSC2)SC1. The maximum absolute atomic E-state index is 3.73. The van der Waals surface area contributed by atoms with Crippen LogP contribution in [0, 0.1) is 5.92 Å². The van der Waals surface area contributed by atoms with Crippen molar-refractivity contribution in [1.82, 2.24) is 5.32 Å². The fourth-order valence-electron chi connectivity index (χ4n) is 1.79. The average molecular weight is 203 g/mol. The maximum Gasteiger partial charge on any atom is 0.0737 e. The molecule has 1 spiro atoms. The van der Waals surface area contributed by atoms with Gasteiger partial charge in [-0.15, -0.1) is 11.8 Å². The Morgan fingerprint density at radius 1 is 1.50 bits per heavy atom. The van der Waals surface area contributed by atoms with E-state index >= 15 is 0 Å². The van der Waals surface area contributed by atoms with Gasteiger partial charge >= 0.3 is 0 Å². The first-order valence-corrected chi connectivity index (χ1v) is 6.91. The average Bonchev–Trinajstić information content (AvgIpc) is 2.13. The van der Waals surface area contributed by atoms with Crippen LogP contribution in [0.4, 0.5) is 0 Å². The number of rotatable bonds is 0. The lowest BCUT2D eigenvalue weighted by Crippen LogP contribution is -2.51. The molecule has 3 heteroatoms. The van der Waals surface area contributed by atoms with Gasteiger partial charge in [0.25, 0.3) is 0 Å². The van der Waals surface area contributed by atoms with Gasteiger partial charge in [-0.05, 0) is 36.8 Å². The predicted molar refractivity (Wildman–Crippen MR) is 58.9 cm³/mol. The third-order valence-corrected chi connectivity index (χ3v) is 5.86. The Hall–Kier alpha value is 0.660. The van der Waals surface area contributed by atoms with Crippen molar-refractivity contribution >= 4 is 23.5 Å². The van der Waals surface area contributed by atoms with E-state index in [-0.39, 0.29) is 0 Å². The molecule has 2 rings (SSSR count). The van der Waals surface area contributed by atoms with Crippen molar-refractivity contribution in [3.8, 4) is 0 Å². The van der Waals surface area contributed by atoms with Crippen LogP contribution >= 0.6 is 23.5 Å². The van der Waals surface area contributed by atoms with Crippen molar-refractivity contribution in [3.63, 3.8) is 0 Å². The molecule has 0 aromatic carbocycles. The molecule has 0 aromatic rings. The summed E-state index contributed by atoms with van der Waals surface area (Å²) in [7, 11) is 0. The van der Waals surface area contributed by atoms with Crippen LogP contribution in [0.25, 0.3) is 0 Å². The van der Waals surface area contributed by atoms with Crippen molar-refractivity contribution in [2.24, 2.45) is 5.92 Å². The molecule has 0 amide bonds. The smallest absolute Gasteiger partial charge is 0.0737 e. The molecule has 2 aliphatic heterocycles. The van der Waals surface area contributed by atoms with Crippen molar-refractivity contribution in [1.29, 1.82) is 0 Å². The normalized spacial score (nSPS) is 43.2. The molecule has 1 nitrogen and oxygen atoms in total. The summed E-state index contributed by atoms with van der Waals surface area (Å²) < 4.78 is 0. The zero-order valence-electron chi connectivity index (χ0n) is 7.64. The molecular weight excluding hydrogens is 186 g/mol. The van der Waals surface area contributed by atoms with Gasteiger partial charge < -0.3 is 5.32 Å². The lowest BCUT2D eigenvalue weighted by Gasteiger charge is -2.42. The second kappa shape index (κ2) is 3.81. The number of hydrogen-bond donors (Lipinski definition) is 1. The molecule has 2 heterocycles. The third kappa shape index (κ3) is 1.94. The second-order valence-electron chi connectivity index (χ2n) is 3.95. The Balaban J connectivity index is 1.92. The first kappa shape index (κ1) is 9.22. The summed E-state index contributed by atoms with van der Waals surface area (Å²) in [6, 6.07) is 0. The first-order valence-electron chi connectivity index (χ1n) is 4.77. The maximum atomic E-state index is 3.73. The van der Waals surface area contributed by atoms with Gasteiger partial charge in [0.05, 0.1) is 4.87 Å². The quantitative estimate of drug-likeness (QED) is 0.648. The molecule has 2 fully saturated rings. The van der Waals surface area contributed by atoms with E-state index in [0.717, 1.165) is 5.92 Å². The van der Waals surface area contributed by atoms with Crippen molar-refractivity contribution < 1.29 is 0 Å². The van der Waals surface area contributed by atoms with Gasteiger partial charge in [0, 0.05) is 5.75 Å². The van der Waals surface area contributed by atoms with Crippen LogP contribution < -0.4 is 5.32 Å². The number of hydrogen-bond acceptors (Lipinski definition) is 3. The summed E-state index contributed by atoms with van der Waals surface area (Å²) in [5, 5.41) is 3.73. The van der Waals surface area contributed by atoms with Gasteiger partial charge in [-0.3, -0.25) is 0 Å². The van der Waals surface area contributed by atoms with E-state index in [1.807, 2.05) is 0 Å². The molecule has 0 aliphatic carbocycles. The van der Waals surface area contributed by atoms with E-state index in [0.29, 0.717) is 4.87 Å². The van der Waals surface area contributed by atoms with Gasteiger partial charge in [0.15, 0.2) is 0 Å². The highest BCUT2D eigenvalue weighted by atomic mass is 32.2. The van der Waals surface area contributed by atoms with E-state index in [2.05, 4.69) is 35.8 Å². The molecule has 0 bridgehead atoms. The molecule has 0 radical (unpaired) electrons. The molecule has 2 saturated heterocycles. The molecule has 0 saturated carbocycles. The fourth-order valence-corrected chi connectivity index (χ4v) is 4.64. The van der Waals surface area contributed by atoms with E-state index in [1.54, 1.807) is 0 Å². The second-order valence-corrected chi connectivity index (χ2v) is 6.46. The molecule has 1 N–H and O–H groups in total. The predicted octanol–water partition coefficient (Wildman–Crippen LogP) is 2.18. The van der Waals surface area contributed by atoms with Crippen molar-refractivity contribution in [2.45, 2.75) is 24.6 Å². The summed E-state index contributed by atoms with van der Waals surface area (Å²) in [5.74, 6) is 4.92. The zero-order chi connectivity index (χ0) is 8.44. The highest BCUT2D eigenvalue weighted by molar-refractivity contribution is 8.04. The van der Waals surface area contributed by atoms with E-state index in [1.165, 1.54) is 36.6 Å². The minimum atomic E-state index is 0.468. The van der Waals surface area contributed by atoms with E-state index in [4.69, 9.17) is 0 Å². The zero-order valence-corrected chi connectivity index (χ0v) is 9.27. The summed E-state index contributed by atoms with van der Waals surface area (Å²) >= 11 is 4.28. The van der Waals surface area contributed by atoms with Crippen molar-refractivity contribution in [2.75, 3.05) is 23.8 Å². The van der Waals surface area contributed by atoms with Crippen LogP contribution in [0.15, 0.2) is 0 Å². The minimum Gasteiger partial charge on any atom is -0.302 e. The molecule has 2 aliphatic rings. The molecule has 2 atom stereocenters. The van der Waals surface area contributed by atoms with Crippen LogP contribution in [0.3, 0.4) is 0 Å². The first-order chi connectivity index (χ1) is 5.81. The summed E-state index contributed by atoms with van der Waals surface area (Å²) in [4.78, 5) is 0.468. The summed E-state index contributed by atoms with van der Waals surface area (Å²) in [6.45, 7) is 3.57. The highest BCUT2D eigenvalue weighted by Crippen LogP contribution is 2.39. The molecule has 0 aromatic heterocycles. The lowest BCUT2D eigenvalue weighted by atomic mass is 10.1. The molecule has 12 heavy (non-hydrogen) atoms. The fraction of sp³-hybridized carbons (Fsp3) is 1.00. The third-order valence-electron chi connectivity index (χ3n) is 2.62. The van der Waals surface area contributed by atoms with Gasteiger partial charge in [0.1, 0.15) is 0 Å². The standard InChI is InChI=1S/C9H17NS2/c1-8-5-10-9(12-6-8)3-2-4-11-7-9/h8,10H,2-7H2,1H3. The van der Waals surface area contributed by atoms with Gasteiger partial charge in [-0.25, -0.2) is 0 Å². The molecule has 2 unspecified atom stereocenters. The lowest BCUT2D eigenvalue weighted by molar-refractivity contribution is 0.410. The van der Waals surface area contributed by atoms with E-state index in [9.17, 15) is 0 Å². The number of nitrogens with one attached hydrogen (secondary N) is 1.